The van der Waals surface area contributed by atoms with Crippen LogP contribution in [0.25, 0.3) is 0 Å². The van der Waals surface area contributed by atoms with E-state index in [1.807, 2.05) is 42.5 Å². The van der Waals surface area contributed by atoms with Gasteiger partial charge in [-0.1, -0.05) is 49.4 Å². The third kappa shape index (κ3) is 3.33. The summed E-state index contributed by atoms with van der Waals surface area (Å²) in [6.07, 6.45) is 0.851. The first-order chi connectivity index (χ1) is 8.66. The van der Waals surface area contributed by atoms with Gasteiger partial charge in [0.15, 0.2) is 0 Å². The van der Waals surface area contributed by atoms with E-state index >= 15 is 0 Å². The molecule has 2 aromatic carbocycles. The van der Waals surface area contributed by atoms with Gasteiger partial charge in [-0.3, -0.25) is 0 Å². The molecule has 0 aliphatic carbocycles. The summed E-state index contributed by atoms with van der Waals surface area (Å²) in [5.74, 6) is 0.108. The van der Waals surface area contributed by atoms with E-state index in [0.29, 0.717) is 5.92 Å². The molecule has 0 aliphatic rings. The fourth-order valence-electron chi connectivity index (χ4n) is 2.06. The standard InChI is InChI=1S/C16H16ClF/c1-12(11-13-7-9-15(18)10-8-13)16(17)14-5-3-2-4-6-14/h2-10,12,16H,11H2,1H3. The van der Waals surface area contributed by atoms with Crippen molar-refractivity contribution in [2.45, 2.75) is 18.7 Å². The SMILES string of the molecule is CC(Cc1ccc(F)cc1)C(Cl)c1ccccc1. The molecule has 0 nitrogen and oxygen atoms in total. The van der Waals surface area contributed by atoms with Crippen LogP contribution in [-0.4, -0.2) is 0 Å². The molecule has 2 rings (SSSR count). The van der Waals surface area contributed by atoms with Crippen LogP contribution in [0, 0.1) is 11.7 Å². The Kier molecular flexibility index (Phi) is 4.38. The minimum absolute atomic E-state index is 0.0174. The molecule has 0 amide bonds. The summed E-state index contributed by atoms with van der Waals surface area (Å²) in [7, 11) is 0. The van der Waals surface area contributed by atoms with E-state index in [-0.39, 0.29) is 11.2 Å². The second kappa shape index (κ2) is 6.01. The zero-order chi connectivity index (χ0) is 13.0. The van der Waals surface area contributed by atoms with Crippen LogP contribution in [0.4, 0.5) is 4.39 Å². The number of hydrogen-bond donors (Lipinski definition) is 0. The quantitative estimate of drug-likeness (QED) is 0.682. The molecule has 2 unspecified atom stereocenters. The van der Waals surface area contributed by atoms with Crippen molar-refractivity contribution in [3.05, 3.63) is 71.5 Å². The molecule has 2 heteroatoms. The van der Waals surface area contributed by atoms with Crippen molar-refractivity contribution in [3.63, 3.8) is 0 Å². The van der Waals surface area contributed by atoms with Gasteiger partial charge in [0, 0.05) is 0 Å². The van der Waals surface area contributed by atoms with Gasteiger partial charge in [-0.25, -0.2) is 4.39 Å². The Labute approximate surface area is 112 Å². The molecular weight excluding hydrogens is 247 g/mol. The van der Waals surface area contributed by atoms with Crippen molar-refractivity contribution >= 4 is 11.6 Å². The van der Waals surface area contributed by atoms with Crippen LogP contribution in [0.5, 0.6) is 0 Å². The summed E-state index contributed by atoms with van der Waals surface area (Å²) < 4.78 is 12.8. The van der Waals surface area contributed by atoms with Gasteiger partial charge in [0.05, 0.1) is 5.38 Å². The number of rotatable bonds is 4. The summed E-state index contributed by atoms with van der Waals surface area (Å²) in [5.41, 5.74) is 2.25. The molecule has 0 aromatic heterocycles. The predicted octanol–water partition coefficient (Wildman–Crippen LogP) is 4.98. The largest absolute Gasteiger partial charge is 0.207 e. The highest BCUT2D eigenvalue weighted by molar-refractivity contribution is 6.21. The van der Waals surface area contributed by atoms with Gasteiger partial charge in [-0.05, 0) is 35.6 Å². The van der Waals surface area contributed by atoms with Gasteiger partial charge in [0.1, 0.15) is 5.82 Å². The first kappa shape index (κ1) is 13.1. The zero-order valence-corrected chi connectivity index (χ0v) is 11.1. The summed E-state index contributed by atoms with van der Waals surface area (Å²) >= 11 is 6.46. The fourth-order valence-corrected chi connectivity index (χ4v) is 2.30. The third-order valence-corrected chi connectivity index (χ3v) is 3.77. The third-order valence-electron chi connectivity index (χ3n) is 3.09. The maximum Gasteiger partial charge on any atom is 0.123 e. The van der Waals surface area contributed by atoms with E-state index in [4.69, 9.17) is 11.6 Å². The first-order valence-electron chi connectivity index (χ1n) is 6.10. The lowest BCUT2D eigenvalue weighted by atomic mass is 9.94. The molecule has 0 heterocycles. The normalized spacial score (nSPS) is 14.2. The molecule has 0 spiro atoms. The van der Waals surface area contributed by atoms with Crippen LogP contribution in [0.2, 0.25) is 0 Å². The van der Waals surface area contributed by atoms with Crippen LogP contribution < -0.4 is 0 Å². The van der Waals surface area contributed by atoms with E-state index < -0.39 is 0 Å². The van der Waals surface area contributed by atoms with Crippen molar-refractivity contribution in [3.8, 4) is 0 Å². The van der Waals surface area contributed by atoms with Gasteiger partial charge in [0.25, 0.3) is 0 Å². The molecule has 18 heavy (non-hydrogen) atoms. The van der Waals surface area contributed by atoms with Gasteiger partial charge >= 0.3 is 0 Å². The van der Waals surface area contributed by atoms with Gasteiger partial charge in [-0.2, -0.15) is 0 Å². The number of hydrogen-bond acceptors (Lipinski definition) is 0. The van der Waals surface area contributed by atoms with Gasteiger partial charge < -0.3 is 0 Å². The summed E-state index contributed by atoms with van der Waals surface area (Å²) in [6, 6.07) is 16.7. The van der Waals surface area contributed by atoms with Crippen molar-refractivity contribution in [1.29, 1.82) is 0 Å². The monoisotopic (exact) mass is 262 g/mol. The maximum atomic E-state index is 12.8. The molecule has 94 valence electrons. The second-order valence-electron chi connectivity index (χ2n) is 4.62. The lowest BCUT2D eigenvalue weighted by molar-refractivity contribution is 0.557. The number of benzene rings is 2. The minimum atomic E-state index is -0.197. The fraction of sp³-hybridized carbons (Fsp3) is 0.250. The average molecular weight is 263 g/mol. The first-order valence-corrected chi connectivity index (χ1v) is 6.54. The maximum absolute atomic E-state index is 12.8. The van der Waals surface area contributed by atoms with Crippen LogP contribution >= 0.6 is 11.6 Å². The van der Waals surface area contributed by atoms with Crippen molar-refractivity contribution < 1.29 is 4.39 Å². The molecular formula is C16H16ClF. The molecule has 0 fully saturated rings. The second-order valence-corrected chi connectivity index (χ2v) is 5.09. The van der Waals surface area contributed by atoms with Crippen LogP contribution in [0.3, 0.4) is 0 Å². The summed E-state index contributed by atoms with van der Waals surface area (Å²) in [5, 5.41) is -0.0174. The summed E-state index contributed by atoms with van der Waals surface area (Å²) in [6.45, 7) is 2.12. The van der Waals surface area contributed by atoms with Gasteiger partial charge in [0.2, 0.25) is 0 Å². The Hall–Kier alpha value is -1.34. The van der Waals surface area contributed by atoms with Crippen LogP contribution in [0.15, 0.2) is 54.6 Å². The number of alkyl halides is 1. The predicted molar refractivity (Wildman–Crippen MR) is 74.3 cm³/mol. The Bertz CT molecular complexity index is 478. The molecule has 2 atom stereocenters. The Morgan fingerprint density at radius 3 is 2.22 bits per heavy atom. The van der Waals surface area contributed by atoms with E-state index in [0.717, 1.165) is 17.5 Å². The Balaban J connectivity index is 2.03. The molecule has 0 saturated heterocycles. The number of halogens is 2. The van der Waals surface area contributed by atoms with Crippen LogP contribution in [0.1, 0.15) is 23.4 Å². The van der Waals surface area contributed by atoms with E-state index in [1.54, 1.807) is 0 Å². The van der Waals surface area contributed by atoms with Crippen molar-refractivity contribution in [1.82, 2.24) is 0 Å². The highest BCUT2D eigenvalue weighted by Crippen LogP contribution is 2.30. The Morgan fingerprint density at radius 2 is 1.61 bits per heavy atom. The highest BCUT2D eigenvalue weighted by Gasteiger charge is 2.16. The summed E-state index contributed by atoms with van der Waals surface area (Å²) in [4.78, 5) is 0. The molecule has 0 bridgehead atoms. The minimum Gasteiger partial charge on any atom is -0.207 e. The van der Waals surface area contributed by atoms with E-state index in [9.17, 15) is 4.39 Å². The lowest BCUT2D eigenvalue weighted by Gasteiger charge is -2.18. The Morgan fingerprint density at radius 1 is 1.00 bits per heavy atom. The average Bonchev–Trinajstić information content (AvgIpc) is 2.41. The lowest BCUT2D eigenvalue weighted by Crippen LogP contribution is -2.07. The van der Waals surface area contributed by atoms with Crippen LogP contribution in [-0.2, 0) is 6.42 Å². The van der Waals surface area contributed by atoms with E-state index in [1.165, 1.54) is 12.1 Å². The smallest absolute Gasteiger partial charge is 0.123 e. The van der Waals surface area contributed by atoms with Crippen molar-refractivity contribution in [2.24, 2.45) is 5.92 Å². The van der Waals surface area contributed by atoms with Crippen molar-refractivity contribution in [2.75, 3.05) is 0 Å². The van der Waals surface area contributed by atoms with Gasteiger partial charge in [-0.15, -0.1) is 11.6 Å². The molecule has 0 saturated carbocycles. The molecule has 0 aliphatic heterocycles. The highest BCUT2D eigenvalue weighted by atomic mass is 35.5. The molecule has 0 radical (unpaired) electrons. The molecule has 2 aromatic rings. The zero-order valence-electron chi connectivity index (χ0n) is 10.3. The molecule has 0 N–H and O–H groups in total. The topological polar surface area (TPSA) is 0 Å². The van der Waals surface area contributed by atoms with E-state index in [2.05, 4.69) is 6.92 Å².